The Morgan fingerprint density at radius 2 is 1.93 bits per heavy atom. The van der Waals surface area contributed by atoms with Crippen LogP contribution in [0.3, 0.4) is 0 Å². The van der Waals surface area contributed by atoms with E-state index in [-0.39, 0.29) is 36.7 Å². The highest BCUT2D eigenvalue weighted by atomic mass is 35.5. The molecule has 1 atom stereocenters. The third-order valence-corrected chi connectivity index (χ3v) is 4.97. The molecular weight excluding hydrogens is 385 g/mol. The second kappa shape index (κ2) is 9.34. The first-order valence-corrected chi connectivity index (χ1v) is 9.29. The fourth-order valence-electron chi connectivity index (χ4n) is 3.28. The summed E-state index contributed by atoms with van der Waals surface area (Å²) in [7, 11) is 0. The number of carbonyl (C=O) groups is 1. The lowest BCUT2D eigenvalue weighted by atomic mass is 9.98. The molecule has 0 radical (unpaired) electrons. The molecule has 0 spiro atoms. The number of urea groups is 1. The van der Waals surface area contributed by atoms with Gasteiger partial charge in [-0.25, -0.2) is 9.18 Å². The molecule has 2 aromatic rings. The van der Waals surface area contributed by atoms with Gasteiger partial charge in [-0.3, -0.25) is 0 Å². The Balaban J connectivity index is 0.00000280. The minimum atomic E-state index is -0.534. The van der Waals surface area contributed by atoms with Crippen LogP contribution in [0, 0.1) is 11.7 Å². The van der Waals surface area contributed by atoms with Crippen molar-refractivity contribution in [3.8, 4) is 0 Å². The monoisotopic (exact) mass is 411 g/mol. The Bertz CT molecular complexity index is 775. The molecule has 154 valence electrons. The highest BCUT2D eigenvalue weighted by molar-refractivity contribution is 5.85. The summed E-state index contributed by atoms with van der Waals surface area (Å²) in [6, 6.07) is 5.18. The Morgan fingerprint density at radius 1 is 1.29 bits per heavy atom. The van der Waals surface area contributed by atoms with Crippen LogP contribution >= 0.6 is 12.4 Å². The summed E-state index contributed by atoms with van der Waals surface area (Å²) in [5, 5.41) is 9.69. The van der Waals surface area contributed by atoms with Crippen LogP contribution in [-0.4, -0.2) is 16.2 Å². The van der Waals surface area contributed by atoms with Crippen LogP contribution in [-0.2, 0) is 12.1 Å². The van der Waals surface area contributed by atoms with E-state index < -0.39 is 11.6 Å². The van der Waals surface area contributed by atoms with Crippen LogP contribution in [0.5, 0.6) is 0 Å². The second-order valence-corrected chi connectivity index (χ2v) is 7.49. The molecule has 0 aliphatic heterocycles. The first kappa shape index (κ1) is 22.1. The molecule has 28 heavy (non-hydrogen) atoms. The van der Waals surface area contributed by atoms with E-state index in [2.05, 4.69) is 20.8 Å². The van der Waals surface area contributed by atoms with Crippen molar-refractivity contribution in [3.63, 3.8) is 0 Å². The molecule has 1 fully saturated rings. The van der Waals surface area contributed by atoms with Crippen LogP contribution < -0.4 is 16.4 Å². The van der Waals surface area contributed by atoms with Gasteiger partial charge in [0, 0.05) is 6.54 Å². The molecule has 4 N–H and O–H groups in total. The van der Waals surface area contributed by atoms with Crippen molar-refractivity contribution >= 4 is 18.4 Å². The third kappa shape index (κ3) is 5.20. The van der Waals surface area contributed by atoms with E-state index in [9.17, 15) is 9.18 Å². The minimum Gasteiger partial charge on any atom is -0.337 e. The van der Waals surface area contributed by atoms with Gasteiger partial charge in [-0.2, -0.15) is 4.98 Å². The van der Waals surface area contributed by atoms with Crippen molar-refractivity contribution in [3.05, 3.63) is 47.4 Å². The normalized spacial score (nSPS) is 16.5. The van der Waals surface area contributed by atoms with Crippen molar-refractivity contribution in [2.24, 2.45) is 11.7 Å². The van der Waals surface area contributed by atoms with Gasteiger partial charge in [0.05, 0.1) is 5.54 Å². The number of halogens is 2. The molecular formula is C19H27ClFN5O2. The number of nitrogens with two attached hydrogens (primary N) is 1. The maximum atomic E-state index is 12.9. The van der Waals surface area contributed by atoms with Crippen LogP contribution in [0.2, 0.25) is 0 Å². The number of nitrogens with one attached hydrogen (secondary N) is 2. The summed E-state index contributed by atoms with van der Waals surface area (Å²) in [4.78, 5) is 16.8. The summed E-state index contributed by atoms with van der Waals surface area (Å²) in [5.41, 5.74) is 6.65. The highest BCUT2D eigenvalue weighted by Gasteiger charge is 2.37. The fraction of sp³-hybridized carbons (Fsp3) is 0.526. The van der Waals surface area contributed by atoms with Gasteiger partial charge in [0.15, 0.2) is 5.82 Å². The standard InChI is InChI=1S/C19H26FN5O2.ClH/c1-12(2)15(16-24-17(25-27-16)19(21)9-3-4-10-19)23-18(26)22-11-13-5-7-14(20)8-6-13;/h5-8,12,15H,3-4,9-11,21H2,1-2H3,(H2,22,23,26);1H. The molecule has 9 heteroatoms. The fourth-order valence-corrected chi connectivity index (χ4v) is 3.28. The predicted molar refractivity (Wildman–Crippen MR) is 105 cm³/mol. The summed E-state index contributed by atoms with van der Waals surface area (Å²) in [6.07, 6.45) is 3.78. The van der Waals surface area contributed by atoms with E-state index in [1.54, 1.807) is 12.1 Å². The predicted octanol–water partition coefficient (Wildman–Crippen LogP) is 3.56. The van der Waals surface area contributed by atoms with Crippen molar-refractivity contribution in [2.45, 2.75) is 57.7 Å². The number of aromatic nitrogens is 2. The summed E-state index contributed by atoms with van der Waals surface area (Å²) >= 11 is 0. The molecule has 1 unspecified atom stereocenters. The summed E-state index contributed by atoms with van der Waals surface area (Å²) in [6.45, 7) is 4.21. The molecule has 7 nitrogen and oxygen atoms in total. The lowest BCUT2D eigenvalue weighted by Gasteiger charge is -2.20. The van der Waals surface area contributed by atoms with Crippen LogP contribution in [0.1, 0.15) is 62.9 Å². The molecule has 1 saturated carbocycles. The molecule has 1 aromatic heterocycles. The zero-order valence-corrected chi connectivity index (χ0v) is 16.9. The number of hydrogen-bond donors (Lipinski definition) is 3. The van der Waals surface area contributed by atoms with Gasteiger partial charge in [0.1, 0.15) is 11.9 Å². The number of hydrogen-bond acceptors (Lipinski definition) is 5. The molecule has 3 rings (SSSR count). The van der Waals surface area contributed by atoms with Crippen LogP contribution in [0.15, 0.2) is 28.8 Å². The van der Waals surface area contributed by atoms with Gasteiger partial charge in [0.2, 0.25) is 5.89 Å². The average Bonchev–Trinajstić information content (AvgIpc) is 3.29. The van der Waals surface area contributed by atoms with Gasteiger partial charge in [0.25, 0.3) is 0 Å². The first-order valence-electron chi connectivity index (χ1n) is 9.29. The van der Waals surface area contributed by atoms with Crippen molar-refractivity contribution in [2.75, 3.05) is 0 Å². The van der Waals surface area contributed by atoms with Gasteiger partial charge in [-0.05, 0) is 36.5 Å². The van der Waals surface area contributed by atoms with E-state index in [1.165, 1.54) is 12.1 Å². The molecule has 2 amide bonds. The Kier molecular flexibility index (Phi) is 7.37. The lowest BCUT2D eigenvalue weighted by molar-refractivity contribution is 0.224. The largest absolute Gasteiger partial charge is 0.337 e. The molecule has 1 aliphatic carbocycles. The van der Waals surface area contributed by atoms with Crippen molar-refractivity contribution < 1.29 is 13.7 Å². The molecule has 1 aromatic carbocycles. The highest BCUT2D eigenvalue weighted by Crippen LogP contribution is 2.35. The maximum Gasteiger partial charge on any atom is 0.315 e. The van der Waals surface area contributed by atoms with Crippen LogP contribution in [0.25, 0.3) is 0 Å². The van der Waals surface area contributed by atoms with Gasteiger partial charge in [-0.1, -0.05) is 44.0 Å². The third-order valence-electron chi connectivity index (χ3n) is 4.97. The van der Waals surface area contributed by atoms with Gasteiger partial charge < -0.3 is 20.9 Å². The molecule has 0 bridgehead atoms. The molecule has 1 aliphatic rings. The Hall–Kier alpha value is -2.19. The number of rotatable bonds is 6. The quantitative estimate of drug-likeness (QED) is 0.673. The number of amides is 2. The first-order chi connectivity index (χ1) is 12.9. The van der Waals surface area contributed by atoms with Gasteiger partial charge in [-0.15, -0.1) is 12.4 Å². The zero-order valence-electron chi connectivity index (χ0n) is 16.1. The Morgan fingerprint density at radius 3 is 2.54 bits per heavy atom. The zero-order chi connectivity index (χ0) is 19.4. The number of benzene rings is 1. The maximum absolute atomic E-state index is 12.9. The Labute approximate surface area is 170 Å². The van der Waals surface area contributed by atoms with E-state index in [1.807, 2.05) is 13.8 Å². The van der Waals surface area contributed by atoms with Crippen molar-refractivity contribution in [1.82, 2.24) is 20.8 Å². The van der Waals surface area contributed by atoms with Crippen LogP contribution in [0.4, 0.5) is 9.18 Å². The van der Waals surface area contributed by atoms with E-state index >= 15 is 0 Å². The molecule has 1 heterocycles. The minimum absolute atomic E-state index is 0. The van der Waals surface area contributed by atoms with E-state index in [4.69, 9.17) is 10.3 Å². The summed E-state index contributed by atoms with van der Waals surface area (Å²) < 4.78 is 18.4. The number of nitrogens with zero attached hydrogens (tertiary/aromatic N) is 2. The SMILES string of the molecule is CC(C)C(NC(=O)NCc1ccc(F)cc1)c1nc(C2(N)CCCC2)no1.Cl. The number of carbonyl (C=O) groups excluding carboxylic acids is 1. The second-order valence-electron chi connectivity index (χ2n) is 7.49. The average molecular weight is 412 g/mol. The van der Waals surface area contributed by atoms with Crippen molar-refractivity contribution in [1.29, 1.82) is 0 Å². The molecule has 0 saturated heterocycles. The van der Waals surface area contributed by atoms with E-state index in [0.717, 1.165) is 31.2 Å². The smallest absolute Gasteiger partial charge is 0.315 e. The van der Waals surface area contributed by atoms with E-state index in [0.29, 0.717) is 11.7 Å². The topological polar surface area (TPSA) is 106 Å². The van der Waals surface area contributed by atoms with Gasteiger partial charge >= 0.3 is 6.03 Å². The lowest BCUT2D eigenvalue weighted by Crippen LogP contribution is -2.39. The summed E-state index contributed by atoms with van der Waals surface area (Å²) in [5.74, 6) is 0.602.